The van der Waals surface area contributed by atoms with Crippen LogP contribution in [0.3, 0.4) is 0 Å². The van der Waals surface area contributed by atoms with Gasteiger partial charge in [0.25, 0.3) is 5.69 Å². The Morgan fingerprint density at radius 2 is 2.33 bits per heavy atom. The number of aromatic nitrogens is 1. The highest BCUT2D eigenvalue weighted by molar-refractivity contribution is 9.10. The van der Waals surface area contributed by atoms with Gasteiger partial charge in [-0.15, -0.1) is 0 Å². The van der Waals surface area contributed by atoms with Crippen molar-refractivity contribution in [3.8, 4) is 0 Å². The van der Waals surface area contributed by atoms with E-state index in [0.29, 0.717) is 4.47 Å². The lowest BCUT2D eigenvalue weighted by Gasteiger charge is -2.06. The molecule has 1 atom stereocenters. The van der Waals surface area contributed by atoms with Gasteiger partial charge in [0.05, 0.1) is 16.5 Å². The molecule has 15 heavy (non-hydrogen) atoms. The molecule has 0 aliphatic rings. The zero-order valence-corrected chi connectivity index (χ0v) is 9.26. The Morgan fingerprint density at radius 3 is 2.73 bits per heavy atom. The average Bonchev–Trinajstić information content (AvgIpc) is 2.16. The first-order valence-corrected chi connectivity index (χ1v) is 4.75. The lowest BCUT2D eigenvalue weighted by molar-refractivity contribution is -0.385. The number of hydrogen-bond acceptors (Lipinski definition) is 4. The molecule has 7 heteroatoms. The van der Waals surface area contributed by atoms with Crippen LogP contribution in [0.15, 0.2) is 16.7 Å². The van der Waals surface area contributed by atoms with Crippen LogP contribution in [0.2, 0.25) is 0 Å². The van der Waals surface area contributed by atoms with Crippen molar-refractivity contribution in [3.05, 3.63) is 32.5 Å². The molecule has 0 aliphatic heterocycles. The Kier molecular flexibility index (Phi) is 3.35. The first-order chi connectivity index (χ1) is 6.93. The largest absolute Gasteiger partial charge is 0.481 e. The molecule has 80 valence electrons. The van der Waals surface area contributed by atoms with Crippen molar-refractivity contribution >= 4 is 27.6 Å². The molecule has 0 saturated heterocycles. The molecular weight excluding hydrogens is 268 g/mol. The monoisotopic (exact) mass is 274 g/mol. The van der Waals surface area contributed by atoms with E-state index >= 15 is 0 Å². The lowest BCUT2D eigenvalue weighted by Crippen LogP contribution is -2.10. The first-order valence-electron chi connectivity index (χ1n) is 3.96. The molecule has 0 fully saturated rings. The van der Waals surface area contributed by atoms with E-state index in [1.807, 2.05) is 0 Å². The van der Waals surface area contributed by atoms with Crippen LogP contribution in [0.1, 0.15) is 18.5 Å². The summed E-state index contributed by atoms with van der Waals surface area (Å²) in [4.78, 5) is 24.2. The second-order valence-corrected chi connectivity index (χ2v) is 3.73. The number of nitrogens with zero attached hydrogens (tertiary/aromatic N) is 2. The molecule has 0 saturated carbocycles. The van der Waals surface area contributed by atoms with Gasteiger partial charge in [-0.2, -0.15) is 0 Å². The van der Waals surface area contributed by atoms with Gasteiger partial charge in [-0.25, -0.2) is 0 Å². The fourth-order valence-electron chi connectivity index (χ4n) is 0.974. The molecular formula is C8H7BrN2O4. The van der Waals surface area contributed by atoms with Crippen LogP contribution in [-0.4, -0.2) is 21.0 Å². The zero-order valence-electron chi connectivity index (χ0n) is 7.68. The predicted octanol–water partition coefficient (Wildman–Crippen LogP) is 1.94. The molecule has 0 aromatic carbocycles. The van der Waals surface area contributed by atoms with Gasteiger partial charge in [0.15, 0.2) is 0 Å². The Hall–Kier alpha value is -1.50. The average molecular weight is 275 g/mol. The summed E-state index contributed by atoms with van der Waals surface area (Å²) < 4.78 is 0.326. The van der Waals surface area contributed by atoms with Crippen LogP contribution in [0.5, 0.6) is 0 Å². The number of hydrogen-bond donors (Lipinski definition) is 1. The lowest BCUT2D eigenvalue weighted by atomic mass is 10.1. The third-order valence-electron chi connectivity index (χ3n) is 1.85. The van der Waals surface area contributed by atoms with Gasteiger partial charge < -0.3 is 5.11 Å². The van der Waals surface area contributed by atoms with Gasteiger partial charge in [-0.1, -0.05) is 0 Å². The van der Waals surface area contributed by atoms with Gasteiger partial charge in [0.2, 0.25) is 0 Å². The zero-order chi connectivity index (χ0) is 11.6. The van der Waals surface area contributed by atoms with Gasteiger partial charge in [0.1, 0.15) is 6.20 Å². The standard InChI is InChI=1S/C8H7BrN2O4/c1-4(8(12)13)7-6(9)2-5(3-10-7)11(14)15/h2-4H,1H3,(H,12,13). The highest BCUT2D eigenvalue weighted by Gasteiger charge is 2.20. The van der Waals surface area contributed by atoms with Crippen LogP contribution in [-0.2, 0) is 4.79 Å². The quantitative estimate of drug-likeness (QED) is 0.672. The smallest absolute Gasteiger partial charge is 0.312 e. The second kappa shape index (κ2) is 4.35. The Labute approximate surface area is 93.2 Å². The topological polar surface area (TPSA) is 93.3 Å². The second-order valence-electron chi connectivity index (χ2n) is 2.88. The molecule has 1 rings (SSSR count). The maximum absolute atomic E-state index is 10.7. The molecule has 0 amide bonds. The molecule has 1 aromatic rings. The summed E-state index contributed by atoms with van der Waals surface area (Å²) in [5.41, 5.74) is 0.0938. The van der Waals surface area contributed by atoms with E-state index in [-0.39, 0.29) is 11.4 Å². The van der Waals surface area contributed by atoms with Crippen molar-refractivity contribution < 1.29 is 14.8 Å². The summed E-state index contributed by atoms with van der Waals surface area (Å²) in [7, 11) is 0. The van der Waals surface area contributed by atoms with Crippen LogP contribution in [0.25, 0.3) is 0 Å². The van der Waals surface area contributed by atoms with Gasteiger partial charge in [0, 0.05) is 10.5 Å². The van der Waals surface area contributed by atoms with E-state index in [2.05, 4.69) is 20.9 Å². The summed E-state index contributed by atoms with van der Waals surface area (Å²) in [6, 6.07) is 1.24. The molecule has 1 unspecified atom stereocenters. The van der Waals surface area contributed by atoms with E-state index in [1.54, 1.807) is 0 Å². The predicted molar refractivity (Wildman–Crippen MR) is 54.6 cm³/mol. The molecule has 0 aliphatic carbocycles. The molecule has 1 aromatic heterocycles. The number of aliphatic carboxylic acids is 1. The van der Waals surface area contributed by atoms with Crippen LogP contribution in [0, 0.1) is 10.1 Å². The Balaban J connectivity index is 3.13. The Bertz CT molecular complexity index is 421. The number of carbonyl (C=O) groups is 1. The van der Waals surface area contributed by atoms with Crippen LogP contribution >= 0.6 is 15.9 Å². The minimum absolute atomic E-state index is 0.178. The van der Waals surface area contributed by atoms with Crippen LogP contribution < -0.4 is 0 Å². The van der Waals surface area contributed by atoms with E-state index in [9.17, 15) is 14.9 Å². The van der Waals surface area contributed by atoms with Crippen molar-refractivity contribution in [1.82, 2.24) is 4.98 Å². The highest BCUT2D eigenvalue weighted by Crippen LogP contribution is 2.26. The Morgan fingerprint density at radius 1 is 1.73 bits per heavy atom. The first kappa shape index (κ1) is 11.6. The third-order valence-corrected chi connectivity index (χ3v) is 2.48. The van der Waals surface area contributed by atoms with E-state index in [0.717, 1.165) is 6.20 Å². The third kappa shape index (κ3) is 2.50. The van der Waals surface area contributed by atoms with Crippen molar-refractivity contribution in [2.75, 3.05) is 0 Å². The van der Waals surface area contributed by atoms with Crippen molar-refractivity contribution in [1.29, 1.82) is 0 Å². The SMILES string of the molecule is CC(C(=O)O)c1ncc([N+](=O)[O-])cc1Br. The van der Waals surface area contributed by atoms with Crippen molar-refractivity contribution in [2.24, 2.45) is 0 Å². The minimum atomic E-state index is -1.03. The molecule has 1 heterocycles. The molecule has 0 radical (unpaired) electrons. The fraction of sp³-hybridized carbons (Fsp3) is 0.250. The molecule has 0 bridgehead atoms. The van der Waals surface area contributed by atoms with Gasteiger partial charge in [-0.3, -0.25) is 19.9 Å². The number of halogens is 1. The number of carboxylic acids is 1. The molecule has 6 nitrogen and oxygen atoms in total. The number of carboxylic acid groups (broad SMARTS) is 1. The van der Waals surface area contributed by atoms with Crippen molar-refractivity contribution in [3.63, 3.8) is 0 Å². The van der Waals surface area contributed by atoms with Crippen molar-refractivity contribution in [2.45, 2.75) is 12.8 Å². The summed E-state index contributed by atoms with van der Waals surface area (Å²) in [5.74, 6) is -1.84. The van der Waals surface area contributed by atoms with E-state index in [1.165, 1.54) is 13.0 Å². The summed E-state index contributed by atoms with van der Waals surface area (Å²) >= 11 is 3.05. The molecule has 1 N–H and O–H groups in total. The van der Waals surface area contributed by atoms with E-state index in [4.69, 9.17) is 5.11 Å². The molecule has 0 spiro atoms. The summed E-state index contributed by atoms with van der Waals surface area (Å²) in [6.45, 7) is 1.46. The van der Waals surface area contributed by atoms with Gasteiger partial charge in [-0.05, 0) is 22.9 Å². The summed E-state index contributed by atoms with van der Waals surface area (Å²) in [6.07, 6.45) is 1.04. The number of pyridine rings is 1. The minimum Gasteiger partial charge on any atom is -0.481 e. The fourth-order valence-corrected chi connectivity index (χ4v) is 1.65. The maximum Gasteiger partial charge on any atom is 0.312 e. The highest BCUT2D eigenvalue weighted by atomic mass is 79.9. The normalized spacial score (nSPS) is 12.1. The van der Waals surface area contributed by atoms with E-state index < -0.39 is 16.8 Å². The number of nitro groups is 1. The summed E-state index contributed by atoms with van der Waals surface area (Å²) in [5, 5.41) is 19.1. The number of rotatable bonds is 3. The maximum atomic E-state index is 10.7. The van der Waals surface area contributed by atoms with Crippen LogP contribution in [0.4, 0.5) is 5.69 Å². The van der Waals surface area contributed by atoms with Gasteiger partial charge >= 0.3 is 5.97 Å².